The zero-order valence-corrected chi connectivity index (χ0v) is 15.1. The highest BCUT2D eigenvalue weighted by atomic mass is 16.4. The Morgan fingerprint density at radius 3 is 2.27 bits per heavy atom. The topological polar surface area (TPSA) is 81.7 Å². The summed E-state index contributed by atoms with van der Waals surface area (Å²) in [5, 5.41) is 15.0. The summed E-state index contributed by atoms with van der Waals surface area (Å²) in [5.41, 5.74) is 2.79. The number of aliphatic carboxylic acids is 1. The fourth-order valence-electron chi connectivity index (χ4n) is 2.52. The van der Waals surface area contributed by atoms with Gasteiger partial charge < -0.3 is 20.6 Å². The number of hydrogen-bond donors (Lipinski definition) is 3. The number of hydrogen-bond acceptors (Lipinski definition) is 4. The summed E-state index contributed by atoms with van der Waals surface area (Å²) < 4.78 is 0. The van der Waals surface area contributed by atoms with E-state index in [-0.39, 0.29) is 12.3 Å². The Hall–Kier alpha value is -2.86. The van der Waals surface area contributed by atoms with Crippen molar-refractivity contribution in [2.75, 3.05) is 30.9 Å². The molecular weight excluding hydrogens is 330 g/mol. The molecule has 6 nitrogen and oxygen atoms in total. The first kappa shape index (κ1) is 19.5. The van der Waals surface area contributed by atoms with Gasteiger partial charge in [-0.3, -0.25) is 9.59 Å². The molecule has 138 valence electrons. The molecule has 0 bridgehead atoms. The Kier molecular flexibility index (Phi) is 7.17. The number of anilines is 2. The van der Waals surface area contributed by atoms with Crippen molar-refractivity contribution in [3.8, 4) is 0 Å². The summed E-state index contributed by atoms with van der Waals surface area (Å²) in [7, 11) is 3.87. The summed E-state index contributed by atoms with van der Waals surface area (Å²) >= 11 is 0. The molecule has 0 saturated heterocycles. The van der Waals surface area contributed by atoms with Gasteiger partial charge in [-0.05, 0) is 42.8 Å². The van der Waals surface area contributed by atoms with Crippen LogP contribution in [0, 0.1) is 0 Å². The van der Waals surface area contributed by atoms with E-state index in [1.807, 2.05) is 61.5 Å². The van der Waals surface area contributed by atoms with Gasteiger partial charge >= 0.3 is 5.97 Å². The molecule has 3 N–H and O–H groups in total. The quantitative estimate of drug-likeness (QED) is 0.643. The summed E-state index contributed by atoms with van der Waals surface area (Å²) in [5.74, 6) is -1.36. The molecule has 2 rings (SSSR count). The first-order valence-corrected chi connectivity index (χ1v) is 8.53. The van der Waals surface area contributed by atoms with Gasteiger partial charge in [0, 0.05) is 25.5 Å². The highest BCUT2D eigenvalue weighted by Gasteiger charge is 2.20. The largest absolute Gasteiger partial charge is 0.480 e. The molecule has 0 saturated carbocycles. The van der Waals surface area contributed by atoms with Crippen molar-refractivity contribution in [3.63, 3.8) is 0 Å². The normalized spacial score (nSPS) is 11.6. The maximum absolute atomic E-state index is 12.2. The van der Waals surface area contributed by atoms with Gasteiger partial charge in [0.25, 0.3) is 0 Å². The minimum Gasteiger partial charge on any atom is -0.480 e. The molecule has 1 amide bonds. The highest BCUT2D eigenvalue weighted by molar-refractivity contribution is 5.94. The van der Waals surface area contributed by atoms with Crippen LogP contribution in [0.15, 0.2) is 54.6 Å². The first-order valence-electron chi connectivity index (χ1n) is 8.53. The monoisotopic (exact) mass is 355 g/mol. The third-order valence-corrected chi connectivity index (χ3v) is 4.00. The Balaban J connectivity index is 1.84. The molecule has 1 atom stereocenters. The van der Waals surface area contributed by atoms with Crippen LogP contribution in [0.1, 0.15) is 12.0 Å². The van der Waals surface area contributed by atoms with Gasteiger partial charge in [0.2, 0.25) is 5.91 Å². The van der Waals surface area contributed by atoms with Crippen molar-refractivity contribution in [1.82, 2.24) is 5.32 Å². The maximum atomic E-state index is 12.2. The average Bonchev–Trinajstić information content (AvgIpc) is 2.62. The lowest BCUT2D eigenvalue weighted by molar-refractivity contribution is -0.141. The molecule has 26 heavy (non-hydrogen) atoms. The Morgan fingerprint density at radius 1 is 1.04 bits per heavy atom. The minimum absolute atomic E-state index is 0.125. The molecule has 2 aromatic carbocycles. The van der Waals surface area contributed by atoms with Crippen LogP contribution in [0.2, 0.25) is 0 Å². The van der Waals surface area contributed by atoms with Crippen LogP contribution in [0.3, 0.4) is 0 Å². The molecule has 6 heteroatoms. The number of rotatable bonds is 9. The Morgan fingerprint density at radius 2 is 1.69 bits per heavy atom. The van der Waals surface area contributed by atoms with Crippen LogP contribution in [-0.2, 0) is 16.0 Å². The molecule has 0 spiro atoms. The fourth-order valence-corrected chi connectivity index (χ4v) is 2.52. The number of carbonyl (C=O) groups is 2. The second-order valence-electron chi connectivity index (χ2n) is 6.27. The predicted octanol–water partition coefficient (Wildman–Crippen LogP) is 2.37. The number of nitrogens with one attached hydrogen (secondary N) is 2. The average molecular weight is 355 g/mol. The lowest BCUT2D eigenvalue weighted by atomic mass is 10.1. The van der Waals surface area contributed by atoms with Crippen LogP contribution >= 0.6 is 0 Å². The first-order chi connectivity index (χ1) is 12.5. The van der Waals surface area contributed by atoms with E-state index >= 15 is 0 Å². The maximum Gasteiger partial charge on any atom is 0.321 e. The van der Waals surface area contributed by atoms with Gasteiger partial charge in [-0.25, -0.2) is 0 Å². The summed E-state index contributed by atoms with van der Waals surface area (Å²) in [6.07, 6.45) is 0.581. The molecule has 0 aliphatic carbocycles. The zero-order valence-electron chi connectivity index (χ0n) is 15.1. The van der Waals surface area contributed by atoms with Crippen molar-refractivity contribution in [1.29, 1.82) is 0 Å². The third-order valence-electron chi connectivity index (χ3n) is 4.00. The number of nitrogens with zero attached hydrogens (tertiary/aromatic N) is 1. The predicted molar refractivity (Wildman–Crippen MR) is 104 cm³/mol. The second-order valence-corrected chi connectivity index (χ2v) is 6.27. The second kappa shape index (κ2) is 9.58. The van der Waals surface area contributed by atoms with E-state index in [1.165, 1.54) is 0 Å². The van der Waals surface area contributed by atoms with E-state index in [1.54, 1.807) is 12.1 Å². The van der Waals surface area contributed by atoms with Gasteiger partial charge in [-0.15, -0.1) is 0 Å². The molecule has 0 radical (unpaired) electrons. The Labute approximate surface area is 153 Å². The third kappa shape index (κ3) is 6.22. The van der Waals surface area contributed by atoms with Crippen LogP contribution in [-0.4, -0.2) is 43.7 Å². The van der Waals surface area contributed by atoms with Crippen LogP contribution < -0.4 is 15.5 Å². The van der Waals surface area contributed by atoms with Gasteiger partial charge in [-0.1, -0.05) is 30.3 Å². The molecular formula is C20H25N3O3. The number of carboxylic acids is 1. The van der Waals surface area contributed by atoms with Gasteiger partial charge in [0.15, 0.2) is 0 Å². The Bertz CT molecular complexity index is 715. The summed E-state index contributed by atoms with van der Waals surface area (Å²) in [6, 6.07) is 16.3. The van der Waals surface area contributed by atoms with E-state index in [4.69, 9.17) is 0 Å². The van der Waals surface area contributed by atoms with Gasteiger partial charge in [0.05, 0.1) is 6.42 Å². The summed E-state index contributed by atoms with van der Waals surface area (Å²) in [4.78, 5) is 25.5. The van der Waals surface area contributed by atoms with Gasteiger partial charge in [-0.2, -0.15) is 0 Å². The van der Waals surface area contributed by atoms with Crippen LogP contribution in [0.5, 0.6) is 0 Å². The van der Waals surface area contributed by atoms with Crippen LogP contribution in [0.25, 0.3) is 0 Å². The molecule has 2 aromatic rings. The number of carboxylic acid groups (broad SMARTS) is 1. The molecule has 0 fully saturated rings. The molecule has 0 heterocycles. The number of amides is 1. The van der Waals surface area contributed by atoms with Crippen molar-refractivity contribution >= 4 is 23.3 Å². The van der Waals surface area contributed by atoms with E-state index < -0.39 is 12.0 Å². The highest BCUT2D eigenvalue weighted by Crippen LogP contribution is 2.16. The lowest BCUT2D eigenvalue weighted by Gasteiger charge is -2.15. The van der Waals surface area contributed by atoms with Crippen molar-refractivity contribution < 1.29 is 14.7 Å². The fraction of sp³-hybridized carbons (Fsp3) is 0.300. The van der Waals surface area contributed by atoms with Crippen molar-refractivity contribution in [3.05, 3.63) is 60.2 Å². The standard InChI is InChI=1S/C20H25N3O3/c1-23(2)17-10-8-16(9-11-17)22-19(24)14-18(20(25)26)21-13-12-15-6-4-3-5-7-15/h3-11,18,21H,12-14H2,1-2H3,(H,22,24)(H,25,26). The minimum atomic E-state index is -1.03. The van der Waals surface area contributed by atoms with Crippen molar-refractivity contribution in [2.45, 2.75) is 18.9 Å². The SMILES string of the molecule is CN(C)c1ccc(NC(=O)CC(NCCc2ccccc2)C(=O)O)cc1. The van der Waals surface area contributed by atoms with E-state index in [0.29, 0.717) is 18.7 Å². The van der Waals surface area contributed by atoms with E-state index in [2.05, 4.69) is 10.6 Å². The van der Waals surface area contributed by atoms with Gasteiger partial charge in [0.1, 0.15) is 6.04 Å². The molecule has 0 aliphatic heterocycles. The van der Waals surface area contributed by atoms with E-state index in [0.717, 1.165) is 11.3 Å². The number of carbonyl (C=O) groups excluding carboxylic acids is 1. The van der Waals surface area contributed by atoms with E-state index in [9.17, 15) is 14.7 Å². The molecule has 1 unspecified atom stereocenters. The van der Waals surface area contributed by atoms with Crippen molar-refractivity contribution in [2.24, 2.45) is 0 Å². The zero-order chi connectivity index (χ0) is 18.9. The number of benzene rings is 2. The summed E-state index contributed by atoms with van der Waals surface area (Å²) in [6.45, 7) is 0.492. The lowest BCUT2D eigenvalue weighted by Crippen LogP contribution is -2.40. The van der Waals surface area contributed by atoms with Crippen LogP contribution in [0.4, 0.5) is 11.4 Å². The molecule has 0 aliphatic rings. The molecule has 0 aromatic heterocycles. The smallest absolute Gasteiger partial charge is 0.321 e.